The third-order valence-corrected chi connectivity index (χ3v) is 8.44. The molecule has 3 aliphatic heterocycles. The number of benzene rings is 1. The highest BCUT2D eigenvalue weighted by atomic mass is 19.2. The first-order chi connectivity index (χ1) is 20.5. The number of hydrogen-bond acceptors (Lipinski definition) is 9. The average Bonchev–Trinajstić information content (AvgIpc) is 3.62. The van der Waals surface area contributed by atoms with E-state index >= 15 is 0 Å². The van der Waals surface area contributed by atoms with E-state index in [0.717, 1.165) is 12.1 Å². The number of carbonyl (C=O) groups excluding carboxylic acids is 2. The van der Waals surface area contributed by atoms with Crippen LogP contribution in [0.3, 0.4) is 0 Å². The average molecular weight is 612 g/mol. The van der Waals surface area contributed by atoms with Crippen LogP contribution in [0, 0.1) is 23.4 Å². The summed E-state index contributed by atoms with van der Waals surface area (Å²) in [5, 5.41) is 29.0. The van der Waals surface area contributed by atoms with Gasteiger partial charge in [-0.2, -0.15) is 0 Å². The molecule has 15 heteroatoms. The predicted octanol–water partition coefficient (Wildman–Crippen LogP) is 1.90. The number of nitrogens with zero attached hydrogens (tertiary/aromatic N) is 5. The Labute approximate surface area is 246 Å². The van der Waals surface area contributed by atoms with E-state index in [0.29, 0.717) is 32.5 Å². The summed E-state index contributed by atoms with van der Waals surface area (Å²) in [5.74, 6) is -4.39. The van der Waals surface area contributed by atoms with Crippen LogP contribution in [0.5, 0.6) is 0 Å². The van der Waals surface area contributed by atoms with Crippen LogP contribution in [-0.2, 0) is 19.0 Å². The van der Waals surface area contributed by atoms with Crippen LogP contribution in [0.1, 0.15) is 39.2 Å². The standard InChI is InChI=1S/C28H36F3N5O7/c1-14(2)27(39)34-6-4-16(5-7-34)35-11-17(42-28(35)40)10-21-26(41-3)24(25(38)22(13-37)43-21)36-12-20(32-33-36)15-8-18(29)23(31)19(30)9-15/h8-9,12,14,16-17,21-22,24-26,37-38H,4-7,10-11,13H2,1-3H3/t17-,21-,22-,24+,25+,26+/m1/s1. The zero-order valence-corrected chi connectivity index (χ0v) is 24.1. The van der Waals surface area contributed by atoms with Crippen LogP contribution in [0.4, 0.5) is 18.0 Å². The third kappa shape index (κ3) is 6.21. The van der Waals surface area contributed by atoms with Crippen molar-refractivity contribution in [1.82, 2.24) is 24.8 Å². The Morgan fingerprint density at radius 3 is 2.44 bits per heavy atom. The van der Waals surface area contributed by atoms with Crippen LogP contribution >= 0.6 is 0 Å². The summed E-state index contributed by atoms with van der Waals surface area (Å²) < 4.78 is 59.8. The number of aliphatic hydroxyl groups excluding tert-OH is 2. The van der Waals surface area contributed by atoms with Gasteiger partial charge in [0.05, 0.1) is 25.5 Å². The van der Waals surface area contributed by atoms with E-state index in [1.165, 1.54) is 18.0 Å². The van der Waals surface area contributed by atoms with Gasteiger partial charge in [-0.05, 0) is 25.0 Å². The van der Waals surface area contributed by atoms with Crippen molar-refractivity contribution in [3.8, 4) is 11.3 Å². The molecule has 1 aromatic carbocycles. The maximum absolute atomic E-state index is 13.8. The fraction of sp³-hybridized carbons (Fsp3) is 0.643. The van der Waals surface area contributed by atoms with Gasteiger partial charge in [0.15, 0.2) is 17.5 Å². The molecule has 0 radical (unpaired) electrons. The van der Waals surface area contributed by atoms with Gasteiger partial charge in [0, 0.05) is 44.1 Å². The molecule has 43 heavy (non-hydrogen) atoms. The molecule has 3 aliphatic rings. The SMILES string of the molecule is CO[C@@H]1[C@@H](n2cc(-c3cc(F)c(F)c(F)c3)nn2)[C@@H](O)[C@@H](CO)O[C@@H]1C[C@@H]1CN(C2CCN(C(=O)C(C)C)CC2)C(=O)O1. The second-order valence-electron chi connectivity index (χ2n) is 11.5. The van der Waals surface area contributed by atoms with E-state index in [1.807, 2.05) is 18.7 Å². The summed E-state index contributed by atoms with van der Waals surface area (Å²) in [4.78, 5) is 28.7. The number of likely N-dealkylation sites (tertiary alicyclic amines) is 1. The summed E-state index contributed by atoms with van der Waals surface area (Å²) in [7, 11) is 1.40. The molecule has 2 amide bonds. The van der Waals surface area contributed by atoms with E-state index in [-0.39, 0.29) is 35.5 Å². The van der Waals surface area contributed by atoms with E-state index in [4.69, 9.17) is 14.2 Å². The lowest BCUT2D eigenvalue weighted by molar-refractivity contribution is -0.217. The Kier molecular flexibility index (Phi) is 9.25. The summed E-state index contributed by atoms with van der Waals surface area (Å²) in [6, 6.07) is 0.543. The molecule has 0 aliphatic carbocycles. The predicted molar refractivity (Wildman–Crippen MR) is 143 cm³/mol. The lowest BCUT2D eigenvalue weighted by Crippen LogP contribution is -2.57. The number of halogens is 3. The van der Waals surface area contributed by atoms with Gasteiger partial charge >= 0.3 is 6.09 Å². The van der Waals surface area contributed by atoms with E-state index < -0.39 is 66.7 Å². The van der Waals surface area contributed by atoms with Crippen molar-refractivity contribution < 1.29 is 47.2 Å². The molecular formula is C28H36F3N5O7. The Balaban J connectivity index is 1.29. The summed E-state index contributed by atoms with van der Waals surface area (Å²) in [6.07, 6.45) is -2.22. The Hall–Kier alpha value is -3.27. The first-order valence-corrected chi connectivity index (χ1v) is 14.3. The van der Waals surface area contributed by atoms with E-state index in [2.05, 4.69) is 10.3 Å². The number of aromatic nitrogens is 3. The number of piperidine rings is 1. The maximum atomic E-state index is 13.8. The fourth-order valence-corrected chi connectivity index (χ4v) is 6.20. The molecule has 6 atom stereocenters. The van der Waals surface area contributed by atoms with Crippen molar-refractivity contribution in [3.63, 3.8) is 0 Å². The van der Waals surface area contributed by atoms with Gasteiger partial charge in [-0.1, -0.05) is 19.1 Å². The zero-order valence-electron chi connectivity index (χ0n) is 24.1. The van der Waals surface area contributed by atoms with Crippen LogP contribution in [0.15, 0.2) is 18.3 Å². The molecule has 2 N–H and O–H groups in total. The van der Waals surface area contributed by atoms with Crippen molar-refractivity contribution in [2.24, 2.45) is 5.92 Å². The topological polar surface area (TPSA) is 139 Å². The minimum Gasteiger partial charge on any atom is -0.444 e. The van der Waals surface area contributed by atoms with Crippen molar-refractivity contribution in [2.45, 2.75) is 75.7 Å². The molecule has 0 saturated carbocycles. The monoisotopic (exact) mass is 611 g/mol. The number of cyclic esters (lactones) is 1. The van der Waals surface area contributed by atoms with Crippen molar-refractivity contribution in [2.75, 3.05) is 33.4 Å². The lowest BCUT2D eigenvalue weighted by atomic mass is 9.89. The van der Waals surface area contributed by atoms with E-state index in [9.17, 15) is 33.0 Å². The molecule has 4 heterocycles. The van der Waals surface area contributed by atoms with Gasteiger partial charge in [-0.3, -0.25) is 4.79 Å². The molecular weight excluding hydrogens is 575 g/mol. The van der Waals surface area contributed by atoms with Gasteiger partial charge in [-0.25, -0.2) is 22.6 Å². The van der Waals surface area contributed by atoms with Gasteiger partial charge in [0.25, 0.3) is 0 Å². The fourth-order valence-electron chi connectivity index (χ4n) is 6.20. The Bertz CT molecular complexity index is 1300. The van der Waals surface area contributed by atoms with Crippen LogP contribution in [0.25, 0.3) is 11.3 Å². The molecule has 12 nitrogen and oxygen atoms in total. The minimum absolute atomic E-state index is 0.0185. The second-order valence-corrected chi connectivity index (χ2v) is 11.5. The number of aliphatic hydroxyl groups is 2. The summed E-state index contributed by atoms with van der Waals surface area (Å²) in [5.41, 5.74) is -0.0456. The number of rotatable bonds is 8. The number of carbonyl (C=O) groups is 2. The third-order valence-electron chi connectivity index (χ3n) is 8.44. The molecule has 2 aromatic rings. The number of ether oxygens (including phenoxy) is 3. The van der Waals surface area contributed by atoms with E-state index in [1.54, 1.807) is 4.90 Å². The highest BCUT2D eigenvalue weighted by molar-refractivity contribution is 5.78. The van der Waals surface area contributed by atoms with Gasteiger partial charge in [-0.15, -0.1) is 5.10 Å². The maximum Gasteiger partial charge on any atom is 0.410 e. The van der Waals surface area contributed by atoms with Crippen molar-refractivity contribution in [3.05, 3.63) is 35.8 Å². The van der Waals surface area contributed by atoms with Crippen LogP contribution < -0.4 is 0 Å². The molecule has 236 valence electrons. The van der Waals surface area contributed by atoms with Gasteiger partial charge in [0.1, 0.15) is 36.2 Å². The zero-order chi connectivity index (χ0) is 31.0. The first-order valence-electron chi connectivity index (χ1n) is 14.3. The highest BCUT2D eigenvalue weighted by Crippen LogP contribution is 2.36. The largest absolute Gasteiger partial charge is 0.444 e. The molecule has 0 unspecified atom stereocenters. The van der Waals surface area contributed by atoms with Crippen molar-refractivity contribution >= 4 is 12.0 Å². The molecule has 5 rings (SSSR count). The number of amides is 2. The summed E-state index contributed by atoms with van der Waals surface area (Å²) >= 11 is 0. The molecule has 3 fully saturated rings. The van der Waals surface area contributed by atoms with Crippen LogP contribution in [-0.4, -0.2) is 117 Å². The van der Waals surface area contributed by atoms with Gasteiger partial charge < -0.3 is 34.2 Å². The molecule has 1 aromatic heterocycles. The molecule has 0 spiro atoms. The second kappa shape index (κ2) is 12.8. The van der Waals surface area contributed by atoms with Gasteiger partial charge in [0.2, 0.25) is 5.91 Å². The smallest absolute Gasteiger partial charge is 0.410 e. The van der Waals surface area contributed by atoms with Crippen molar-refractivity contribution in [1.29, 1.82) is 0 Å². The summed E-state index contributed by atoms with van der Waals surface area (Å²) in [6.45, 7) is 4.59. The lowest BCUT2D eigenvalue weighted by Gasteiger charge is -2.44. The molecule has 0 bridgehead atoms. The number of hydrogen-bond donors (Lipinski definition) is 2. The Morgan fingerprint density at radius 2 is 1.84 bits per heavy atom. The Morgan fingerprint density at radius 1 is 1.16 bits per heavy atom. The normalized spacial score (nSPS) is 28.5. The first kappa shape index (κ1) is 31.2. The highest BCUT2D eigenvalue weighted by Gasteiger charge is 2.49. The molecule has 3 saturated heterocycles. The quantitative estimate of drug-likeness (QED) is 0.429. The van der Waals surface area contributed by atoms with Crippen LogP contribution in [0.2, 0.25) is 0 Å². The number of methoxy groups -OCH3 is 1. The minimum atomic E-state index is -1.61.